The van der Waals surface area contributed by atoms with Crippen LogP contribution in [0.4, 0.5) is 4.79 Å². The highest BCUT2D eigenvalue weighted by Gasteiger charge is 2.27. The average molecular weight is 322 g/mol. The van der Waals surface area contributed by atoms with Crippen LogP contribution in [0.5, 0.6) is 0 Å². The number of halogens is 2. The average Bonchev–Trinajstić information content (AvgIpc) is 2.29. The van der Waals surface area contributed by atoms with Gasteiger partial charge in [-0.25, -0.2) is 4.79 Å². The summed E-state index contributed by atoms with van der Waals surface area (Å²) in [5, 5.41) is 9.39. The molecule has 7 heteroatoms. The van der Waals surface area contributed by atoms with Crippen LogP contribution in [0.15, 0.2) is 16.7 Å². The lowest BCUT2D eigenvalue weighted by atomic mass is 10.2. The molecule has 0 saturated carbocycles. The van der Waals surface area contributed by atoms with Crippen molar-refractivity contribution in [2.24, 2.45) is 0 Å². The molecule has 2 rings (SSSR count). The van der Waals surface area contributed by atoms with Gasteiger partial charge in [-0.05, 0) is 22.0 Å². The quantitative estimate of drug-likeness (QED) is 0.863. The summed E-state index contributed by atoms with van der Waals surface area (Å²) in [6.45, 7) is 0.981. The van der Waals surface area contributed by atoms with Gasteiger partial charge in [0.25, 0.3) is 0 Å². The number of carboxylic acid groups (broad SMARTS) is 1. The minimum atomic E-state index is -0.952. The molecule has 0 aliphatic carbocycles. The van der Waals surface area contributed by atoms with Gasteiger partial charge in [0.15, 0.2) is 0 Å². The Morgan fingerprint density at radius 3 is 3.12 bits per heavy atom. The van der Waals surface area contributed by atoms with Crippen LogP contribution < -0.4 is 0 Å². The third-order valence-corrected chi connectivity index (χ3v) is 3.21. The molecule has 0 aromatic carbocycles. The Kier molecular flexibility index (Phi) is 3.86. The number of amides is 1. The number of carbonyl (C=O) groups is 1. The normalized spacial score (nSPS) is 20.4. The van der Waals surface area contributed by atoms with Crippen LogP contribution in [0, 0.1) is 0 Å². The Labute approximate surface area is 111 Å². The lowest BCUT2D eigenvalue weighted by Gasteiger charge is -2.30. The molecule has 1 amide bonds. The van der Waals surface area contributed by atoms with Gasteiger partial charge in [-0.2, -0.15) is 0 Å². The summed E-state index contributed by atoms with van der Waals surface area (Å²) in [4.78, 5) is 16.4. The summed E-state index contributed by atoms with van der Waals surface area (Å²) in [5.41, 5.74) is 0.570. The Morgan fingerprint density at radius 2 is 2.47 bits per heavy atom. The summed E-state index contributed by atoms with van der Waals surface area (Å²) in [5.74, 6) is 0. The summed E-state index contributed by atoms with van der Waals surface area (Å²) in [7, 11) is 0. The van der Waals surface area contributed by atoms with Gasteiger partial charge in [-0.3, -0.25) is 4.98 Å². The van der Waals surface area contributed by atoms with E-state index >= 15 is 0 Å². The number of pyridine rings is 1. The standard InChI is InChI=1S/C10H10BrClN2O3/c11-6-3-7(12)9(13-4-6)8-5-14(10(15)16)1-2-17-8/h3-4,8H,1-2,5H2,(H,15,16). The molecular weight excluding hydrogens is 311 g/mol. The first-order valence-electron chi connectivity index (χ1n) is 4.98. The van der Waals surface area contributed by atoms with E-state index in [1.807, 2.05) is 0 Å². The maximum atomic E-state index is 10.9. The number of nitrogens with zero attached hydrogens (tertiary/aromatic N) is 2. The second-order valence-corrected chi connectivity index (χ2v) is 4.93. The van der Waals surface area contributed by atoms with Gasteiger partial charge in [0.2, 0.25) is 0 Å². The molecule has 1 aliphatic rings. The van der Waals surface area contributed by atoms with Crippen molar-refractivity contribution in [2.75, 3.05) is 19.7 Å². The maximum Gasteiger partial charge on any atom is 0.407 e. The van der Waals surface area contributed by atoms with Crippen molar-refractivity contribution in [1.29, 1.82) is 0 Å². The zero-order valence-corrected chi connectivity index (χ0v) is 11.1. The highest BCUT2D eigenvalue weighted by molar-refractivity contribution is 9.10. The summed E-state index contributed by atoms with van der Waals surface area (Å²) in [6, 6.07) is 1.72. The number of ether oxygens (including phenoxy) is 1. The molecule has 1 atom stereocenters. The monoisotopic (exact) mass is 320 g/mol. The van der Waals surface area contributed by atoms with Crippen molar-refractivity contribution in [3.63, 3.8) is 0 Å². The smallest absolute Gasteiger partial charge is 0.407 e. The SMILES string of the molecule is O=C(O)N1CCOC(c2ncc(Br)cc2Cl)C1. The molecule has 0 spiro atoms. The first-order valence-corrected chi connectivity index (χ1v) is 6.15. The van der Waals surface area contributed by atoms with Crippen LogP contribution in [-0.4, -0.2) is 40.8 Å². The molecule has 1 fully saturated rings. The molecule has 1 aromatic rings. The molecule has 0 radical (unpaired) electrons. The number of aromatic nitrogens is 1. The van der Waals surface area contributed by atoms with E-state index in [1.54, 1.807) is 12.3 Å². The molecule has 1 unspecified atom stereocenters. The predicted molar refractivity (Wildman–Crippen MR) is 65.2 cm³/mol. The van der Waals surface area contributed by atoms with E-state index in [4.69, 9.17) is 21.4 Å². The summed E-state index contributed by atoms with van der Waals surface area (Å²) in [6.07, 6.45) is 0.261. The number of hydrogen-bond donors (Lipinski definition) is 1. The fourth-order valence-corrected chi connectivity index (χ4v) is 2.40. The van der Waals surface area contributed by atoms with Crippen molar-refractivity contribution in [1.82, 2.24) is 9.88 Å². The molecule has 1 aromatic heterocycles. The fraction of sp³-hybridized carbons (Fsp3) is 0.400. The van der Waals surface area contributed by atoms with Crippen molar-refractivity contribution >= 4 is 33.6 Å². The second-order valence-electron chi connectivity index (χ2n) is 3.61. The van der Waals surface area contributed by atoms with E-state index < -0.39 is 12.2 Å². The Morgan fingerprint density at radius 1 is 1.71 bits per heavy atom. The zero-order chi connectivity index (χ0) is 12.4. The van der Waals surface area contributed by atoms with Crippen LogP contribution in [0.25, 0.3) is 0 Å². The number of morpholine rings is 1. The Hall–Kier alpha value is -0.850. The molecule has 1 N–H and O–H groups in total. The Bertz CT molecular complexity index is 444. The van der Waals surface area contributed by atoms with Gasteiger partial charge in [-0.1, -0.05) is 11.6 Å². The van der Waals surface area contributed by atoms with Crippen LogP contribution in [-0.2, 0) is 4.74 Å². The predicted octanol–water partition coefficient (Wildman–Crippen LogP) is 2.55. The molecule has 1 aliphatic heterocycles. The zero-order valence-electron chi connectivity index (χ0n) is 8.77. The van der Waals surface area contributed by atoms with Gasteiger partial charge >= 0.3 is 6.09 Å². The summed E-state index contributed by atoms with van der Waals surface area (Å²) < 4.78 is 6.27. The van der Waals surface area contributed by atoms with Crippen LogP contribution in [0.3, 0.4) is 0 Å². The van der Waals surface area contributed by atoms with Gasteiger partial charge in [0, 0.05) is 17.2 Å². The number of rotatable bonds is 1. The lowest BCUT2D eigenvalue weighted by Crippen LogP contribution is -2.41. The van der Waals surface area contributed by atoms with Crippen LogP contribution in [0.1, 0.15) is 11.8 Å². The van der Waals surface area contributed by atoms with E-state index in [2.05, 4.69) is 20.9 Å². The van der Waals surface area contributed by atoms with Gasteiger partial charge < -0.3 is 14.7 Å². The molecular formula is C10H10BrClN2O3. The van der Waals surface area contributed by atoms with Crippen LogP contribution >= 0.6 is 27.5 Å². The highest BCUT2D eigenvalue weighted by atomic mass is 79.9. The topological polar surface area (TPSA) is 62.7 Å². The third-order valence-electron chi connectivity index (χ3n) is 2.48. The molecule has 5 nitrogen and oxygen atoms in total. The molecule has 1 saturated heterocycles. The van der Waals surface area contributed by atoms with Crippen molar-refractivity contribution in [3.05, 3.63) is 27.5 Å². The third kappa shape index (κ3) is 2.88. The van der Waals surface area contributed by atoms with Crippen molar-refractivity contribution < 1.29 is 14.6 Å². The fourth-order valence-electron chi connectivity index (χ4n) is 1.65. The van der Waals surface area contributed by atoms with Gasteiger partial charge in [0.05, 0.1) is 23.9 Å². The largest absolute Gasteiger partial charge is 0.465 e. The number of hydrogen-bond acceptors (Lipinski definition) is 3. The molecule has 2 heterocycles. The summed E-state index contributed by atoms with van der Waals surface area (Å²) >= 11 is 9.31. The Balaban J connectivity index is 2.19. The van der Waals surface area contributed by atoms with Crippen molar-refractivity contribution in [3.8, 4) is 0 Å². The van der Waals surface area contributed by atoms with Crippen LogP contribution in [0.2, 0.25) is 5.02 Å². The maximum absolute atomic E-state index is 10.9. The van der Waals surface area contributed by atoms with E-state index in [0.717, 1.165) is 4.47 Å². The van der Waals surface area contributed by atoms with Gasteiger partial charge in [-0.15, -0.1) is 0 Å². The minimum Gasteiger partial charge on any atom is -0.465 e. The van der Waals surface area contributed by atoms with E-state index in [-0.39, 0.29) is 6.54 Å². The molecule has 0 bridgehead atoms. The first-order chi connectivity index (χ1) is 8.08. The van der Waals surface area contributed by atoms with E-state index in [1.165, 1.54) is 4.90 Å². The first kappa shape index (κ1) is 12.6. The van der Waals surface area contributed by atoms with E-state index in [9.17, 15) is 4.79 Å². The van der Waals surface area contributed by atoms with Crippen molar-refractivity contribution in [2.45, 2.75) is 6.10 Å². The minimum absolute atomic E-state index is 0.254. The molecule has 92 valence electrons. The second kappa shape index (κ2) is 5.20. The highest BCUT2D eigenvalue weighted by Crippen LogP contribution is 2.28. The molecule has 17 heavy (non-hydrogen) atoms. The van der Waals surface area contributed by atoms with Gasteiger partial charge in [0.1, 0.15) is 6.10 Å². The van der Waals surface area contributed by atoms with E-state index in [0.29, 0.717) is 23.9 Å². The lowest BCUT2D eigenvalue weighted by molar-refractivity contribution is -0.0251.